The lowest BCUT2D eigenvalue weighted by molar-refractivity contribution is 0.661. The van der Waals surface area contributed by atoms with Gasteiger partial charge < -0.3 is 0 Å². The highest BCUT2D eigenvalue weighted by Crippen LogP contribution is 2.52. The Kier molecular flexibility index (Phi) is 6.63. The molecule has 10 rings (SSSR count). The molecule has 1 aliphatic carbocycles. The maximum Gasteiger partial charge on any atom is 0.0159 e. The number of fused-ring (bicyclic) bond motifs is 7. The molecule has 0 heteroatoms. The molecular weight excluding hydrogens is 613 g/mol. The summed E-state index contributed by atoms with van der Waals surface area (Å²) in [6, 6.07) is 67.3. The first-order valence-electron chi connectivity index (χ1n) is 17.9. The van der Waals surface area contributed by atoms with E-state index in [1.807, 2.05) is 0 Å². The van der Waals surface area contributed by atoms with Gasteiger partial charge in [-0.3, -0.25) is 0 Å². The van der Waals surface area contributed by atoms with Crippen LogP contribution in [0.4, 0.5) is 0 Å². The summed E-state index contributed by atoms with van der Waals surface area (Å²) in [7, 11) is 0. The molecule has 0 amide bonds. The Balaban J connectivity index is 1.16. The van der Waals surface area contributed by atoms with Gasteiger partial charge in [-0.2, -0.15) is 0 Å². The predicted molar refractivity (Wildman–Crippen MR) is 218 cm³/mol. The van der Waals surface area contributed by atoms with Gasteiger partial charge in [0, 0.05) is 5.41 Å². The largest absolute Gasteiger partial charge is 0.0622 e. The molecule has 0 atom stereocenters. The highest BCUT2D eigenvalue weighted by atomic mass is 14.4. The number of rotatable bonds is 4. The van der Waals surface area contributed by atoms with Crippen LogP contribution in [0.25, 0.3) is 88.0 Å². The fourth-order valence-electron chi connectivity index (χ4n) is 8.84. The molecule has 0 radical (unpaired) electrons. The zero-order valence-corrected chi connectivity index (χ0v) is 28.8. The maximum absolute atomic E-state index is 2.45. The summed E-state index contributed by atoms with van der Waals surface area (Å²) in [5.74, 6) is 0. The van der Waals surface area contributed by atoms with Crippen molar-refractivity contribution in [2.75, 3.05) is 0 Å². The zero-order chi connectivity index (χ0) is 34.1. The molecule has 0 nitrogen and oxygen atoms in total. The van der Waals surface area contributed by atoms with E-state index in [1.165, 1.54) is 99.1 Å². The summed E-state index contributed by atoms with van der Waals surface area (Å²) < 4.78 is 0. The van der Waals surface area contributed by atoms with E-state index in [2.05, 4.69) is 196 Å². The van der Waals surface area contributed by atoms with Crippen LogP contribution in [0.5, 0.6) is 0 Å². The van der Waals surface area contributed by atoms with Gasteiger partial charge in [-0.05, 0) is 111 Å². The Labute approximate surface area is 299 Å². The van der Waals surface area contributed by atoms with E-state index in [4.69, 9.17) is 0 Å². The topological polar surface area (TPSA) is 0 Å². The Morgan fingerprint density at radius 3 is 1.57 bits per heavy atom. The highest BCUT2D eigenvalue weighted by molar-refractivity contribution is 6.22. The molecule has 9 aromatic rings. The Morgan fingerprint density at radius 2 is 0.843 bits per heavy atom. The van der Waals surface area contributed by atoms with Crippen LogP contribution in [0.15, 0.2) is 182 Å². The maximum atomic E-state index is 2.45. The van der Waals surface area contributed by atoms with Crippen molar-refractivity contribution < 1.29 is 0 Å². The van der Waals surface area contributed by atoms with Gasteiger partial charge in [0.25, 0.3) is 0 Å². The summed E-state index contributed by atoms with van der Waals surface area (Å²) >= 11 is 0. The minimum atomic E-state index is -0.0827. The van der Waals surface area contributed by atoms with Crippen molar-refractivity contribution in [3.63, 3.8) is 0 Å². The molecule has 1 aliphatic rings. The van der Waals surface area contributed by atoms with E-state index in [-0.39, 0.29) is 5.41 Å². The molecule has 0 spiro atoms. The van der Waals surface area contributed by atoms with E-state index in [9.17, 15) is 0 Å². The van der Waals surface area contributed by atoms with E-state index in [1.54, 1.807) is 0 Å². The number of hydrogen-bond donors (Lipinski definition) is 0. The van der Waals surface area contributed by atoms with Crippen LogP contribution in [0.2, 0.25) is 0 Å². The van der Waals surface area contributed by atoms with Crippen LogP contribution in [-0.2, 0) is 5.41 Å². The first kappa shape index (κ1) is 29.7. The predicted octanol–water partition coefficient (Wildman–Crippen LogP) is 14.1. The van der Waals surface area contributed by atoms with Crippen molar-refractivity contribution in [2.24, 2.45) is 0 Å². The Bertz CT molecular complexity index is 2760. The van der Waals surface area contributed by atoms with Crippen LogP contribution in [-0.4, -0.2) is 0 Å². The van der Waals surface area contributed by atoms with Gasteiger partial charge in [-0.15, -0.1) is 0 Å². The molecule has 0 saturated heterocycles. The van der Waals surface area contributed by atoms with Gasteiger partial charge in [0.15, 0.2) is 0 Å². The normalized spacial score (nSPS) is 13.1. The summed E-state index contributed by atoms with van der Waals surface area (Å²) in [6.45, 7) is 4.75. The average Bonchev–Trinajstić information content (AvgIpc) is 3.43. The minimum Gasteiger partial charge on any atom is -0.0622 e. The van der Waals surface area contributed by atoms with Crippen molar-refractivity contribution >= 4 is 32.3 Å². The van der Waals surface area contributed by atoms with Crippen LogP contribution in [0.1, 0.15) is 25.0 Å². The Morgan fingerprint density at radius 1 is 0.294 bits per heavy atom. The third kappa shape index (κ3) is 4.53. The average molecular weight is 649 g/mol. The molecule has 0 fully saturated rings. The standard InChI is InChI=1S/C51H36/c1-51(2)46-30-28-34-17-6-7-21-39(34)50(46)45-29-27-36(32-47(45)51)35-18-14-19-37(31-35)48-41-23-10-12-25-43(41)49(44-26-13-11-24-42(44)48)40-22-9-8-20-38(40)33-15-4-3-5-16-33/h3-32H,1-2H3. The molecule has 0 aromatic heterocycles. The lowest BCUT2D eigenvalue weighted by atomic mass is 9.81. The van der Waals surface area contributed by atoms with Gasteiger partial charge in [0.05, 0.1) is 0 Å². The second-order valence-electron chi connectivity index (χ2n) is 14.4. The van der Waals surface area contributed by atoms with Gasteiger partial charge in [-0.1, -0.05) is 184 Å². The first-order valence-corrected chi connectivity index (χ1v) is 17.9. The lowest BCUT2D eigenvalue weighted by Gasteiger charge is -2.22. The van der Waals surface area contributed by atoms with E-state index in [0.29, 0.717) is 0 Å². The highest BCUT2D eigenvalue weighted by Gasteiger charge is 2.36. The molecule has 0 saturated carbocycles. The molecule has 0 aliphatic heterocycles. The monoisotopic (exact) mass is 648 g/mol. The molecule has 9 aromatic carbocycles. The molecular formula is C51H36. The summed E-state index contributed by atoms with van der Waals surface area (Å²) in [4.78, 5) is 0. The summed E-state index contributed by atoms with van der Waals surface area (Å²) in [6.07, 6.45) is 0. The third-order valence-corrected chi connectivity index (χ3v) is 11.3. The van der Waals surface area contributed by atoms with Crippen molar-refractivity contribution in [3.8, 4) is 55.6 Å². The van der Waals surface area contributed by atoms with Gasteiger partial charge in [0.2, 0.25) is 0 Å². The van der Waals surface area contributed by atoms with Gasteiger partial charge >= 0.3 is 0 Å². The Hall–Kier alpha value is -6.24. The molecule has 240 valence electrons. The third-order valence-electron chi connectivity index (χ3n) is 11.3. The van der Waals surface area contributed by atoms with Crippen LogP contribution < -0.4 is 0 Å². The van der Waals surface area contributed by atoms with Crippen LogP contribution in [0, 0.1) is 0 Å². The fraction of sp³-hybridized carbons (Fsp3) is 0.0588. The van der Waals surface area contributed by atoms with E-state index >= 15 is 0 Å². The molecule has 51 heavy (non-hydrogen) atoms. The number of hydrogen-bond acceptors (Lipinski definition) is 0. The second-order valence-corrected chi connectivity index (χ2v) is 14.4. The number of benzene rings is 9. The molecule has 0 N–H and O–H groups in total. The molecule has 0 heterocycles. The van der Waals surface area contributed by atoms with Gasteiger partial charge in [0.1, 0.15) is 0 Å². The van der Waals surface area contributed by atoms with Crippen LogP contribution in [0.3, 0.4) is 0 Å². The molecule has 0 unspecified atom stereocenters. The van der Waals surface area contributed by atoms with Crippen molar-refractivity contribution in [2.45, 2.75) is 19.3 Å². The first-order chi connectivity index (χ1) is 25.1. The second kappa shape index (κ2) is 11.4. The van der Waals surface area contributed by atoms with Crippen molar-refractivity contribution in [3.05, 3.63) is 193 Å². The SMILES string of the molecule is CC1(C)c2cc(-c3cccc(-c4c5ccccc5c(-c5ccccc5-c5ccccc5)c5ccccc45)c3)ccc2-c2c1ccc1ccccc21. The van der Waals surface area contributed by atoms with Crippen molar-refractivity contribution in [1.29, 1.82) is 0 Å². The van der Waals surface area contributed by atoms with Crippen molar-refractivity contribution in [1.82, 2.24) is 0 Å². The quantitative estimate of drug-likeness (QED) is 0.167. The van der Waals surface area contributed by atoms with E-state index in [0.717, 1.165) is 0 Å². The fourth-order valence-corrected chi connectivity index (χ4v) is 8.84. The minimum absolute atomic E-state index is 0.0827. The smallest absolute Gasteiger partial charge is 0.0159 e. The van der Waals surface area contributed by atoms with Gasteiger partial charge in [-0.25, -0.2) is 0 Å². The lowest BCUT2D eigenvalue weighted by Crippen LogP contribution is -2.15. The van der Waals surface area contributed by atoms with E-state index < -0.39 is 0 Å². The summed E-state index contributed by atoms with van der Waals surface area (Å²) in [5, 5.41) is 7.71. The van der Waals surface area contributed by atoms with Crippen LogP contribution >= 0.6 is 0 Å². The zero-order valence-electron chi connectivity index (χ0n) is 28.8. The molecule has 0 bridgehead atoms. The summed E-state index contributed by atoms with van der Waals surface area (Å²) in [5.41, 5.74) is 15.5.